The van der Waals surface area contributed by atoms with Crippen LogP contribution >= 0.6 is 23.2 Å². The molecule has 4 heterocycles. The van der Waals surface area contributed by atoms with Gasteiger partial charge in [0, 0.05) is 54.3 Å². The number of ether oxygens (including phenoxy) is 1. The highest BCUT2D eigenvalue weighted by Gasteiger charge is 2.27. The number of aromatic nitrogens is 2. The van der Waals surface area contributed by atoms with Gasteiger partial charge in [-0.3, -0.25) is 9.69 Å². The maximum Gasteiger partial charge on any atom is 0.220 e. The number of likely N-dealkylation sites (tertiary alicyclic amines) is 1. The fourth-order valence-electron chi connectivity index (χ4n) is 5.32. The maximum atomic E-state index is 14.1. The molecular formula is C30H35Cl2FN6O2. The minimum atomic E-state index is -1.07. The number of hydrogen-bond acceptors (Lipinski definition) is 7. The third-order valence-electron chi connectivity index (χ3n) is 7.63. The van der Waals surface area contributed by atoms with Crippen molar-refractivity contribution in [2.45, 2.75) is 44.9 Å². The smallest absolute Gasteiger partial charge is 0.220 e. The van der Waals surface area contributed by atoms with Crippen molar-refractivity contribution in [1.82, 2.24) is 20.2 Å². The van der Waals surface area contributed by atoms with Gasteiger partial charge in [-0.2, -0.15) is 0 Å². The van der Waals surface area contributed by atoms with E-state index in [1.165, 1.54) is 0 Å². The zero-order chi connectivity index (χ0) is 28.9. The lowest BCUT2D eigenvalue weighted by Gasteiger charge is -2.33. The number of pyridine rings is 2. The van der Waals surface area contributed by atoms with E-state index >= 15 is 0 Å². The fourth-order valence-corrected chi connectivity index (χ4v) is 5.85. The number of rotatable bonds is 8. The van der Waals surface area contributed by atoms with Crippen LogP contribution in [0.2, 0.25) is 10.0 Å². The van der Waals surface area contributed by atoms with Gasteiger partial charge in [-0.1, -0.05) is 23.2 Å². The summed E-state index contributed by atoms with van der Waals surface area (Å²) in [6.45, 7) is 5.77. The molecule has 1 amide bonds. The van der Waals surface area contributed by atoms with Crippen LogP contribution in [0.5, 0.6) is 11.6 Å². The van der Waals surface area contributed by atoms with Crippen LogP contribution in [0.1, 0.15) is 31.7 Å². The Morgan fingerprint density at radius 2 is 1.85 bits per heavy atom. The van der Waals surface area contributed by atoms with Crippen LogP contribution in [-0.4, -0.2) is 65.7 Å². The second-order valence-electron chi connectivity index (χ2n) is 10.9. The number of nitrogens with two attached hydrogens (primary N) is 1. The van der Waals surface area contributed by atoms with Gasteiger partial charge >= 0.3 is 0 Å². The average Bonchev–Trinajstić information content (AvgIpc) is 2.94. The van der Waals surface area contributed by atoms with Gasteiger partial charge in [0.25, 0.3) is 0 Å². The molecule has 2 aliphatic heterocycles. The van der Waals surface area contributed by atoms with Crippen molar-refractivity contribution in [3.05, 3.63) is 64.3 Å². The monoisotopic (exact) mass is 600 g/mol. The van der Waals surface area contributed by atoms with Crippen LogP contribution in [0.15, 0.2) is 48.7 Å². The molecule has 2 saturated heterocycles. The number of nitrogens with one attached hydrogen (secondary N) is 1. The minimum Gasteiger partial charge on any atom is -0.437 e. The van der Waals surface area contributed by atoms with Gasteiger partial charge in [0.15, 0.2) is 0 Å². The molecule has 11 heteroatoms. The number of anilines is 1. The Labute approximate surface area is 250 Å². The van der Waals surface area contributed by atoms with Gasteiger partial charge in [0.05, 0.1) is 18.4 Å². The van der Waals surface area contributed by atoms with E-state index in [0.717, 1.165) is 50.1 Å². The summed E-state index contributed by atoms with van der Waals surface area (Å²) < 4.78 is 20.3. The van der Waals surface area contributed by atoms with E-state index in [1.54, 1.807) is 19.2 Å². The molecule has 0 radical (unpaired) electrons. The molecule has 5 rings (SSSR count). The molecule has 8 nitrogen and oxygen atoms in total. The Balaban J connectivity index is 1.33. The summed E-state index contributed by atoms with van der Waals surface area (Å²) in [5, 5.41) is 3.99. The first-order valence-corrected chi connectivity index (χ1v) is 14.7. The summed E-state index contributed by atoms with van der Waals surface area (Å²) in [7, 11) is 0. The standard InChI is InChI=1S/C30H35Cl2FN6O2/c1-19(40)35-15-20-4-7-38(8-5-20)17-21-10-28(22-12-23(31)14-24(32)13-22)37-30(11-21)41-25-2-3-29(36-16-25)39-9-6-27(34)26(33)18-39/h2-3,10-14,16,20,26-27H,4-9,15,17-18,34H2,1H3,(H,35,40)/t26-,27+/m0/s1. The van der Waals surface area contributed by atoms with Gasteiger partial charge in [0.2, 0.25) is 11.8 Å². The highest BCUT2D eigenvalue weighted by Crippen LogP contribution is 2.31. The van der Waals surface area contributed by atoms with E-state index in [0.29, 0.717) is 52.1 Å². The van der Waals surface area contributed by atoms with Crippen LogP contribution < -0.4 is 20.7 Å². The van der Waals surface area contributed by atoms with Crippen molar-refractivity contribution in [2.75, 3.05) is 37.6 Å². The maximum absolute atomic E-state index is 14.1. The van der Waals surface area contributed by atoms with Crippen molar-refractivity contribution in [1.29, 1.82) is 0 Å². The topological polar surface area (TPSA) is 96.6 Å². The number of halogens is 3. The van der Waals surface area contributed by atoms with Crippen molar-refractivity contribution in [3.63, 3.8) is 0 Å². The van der Waals surface area contributed by atoms with Crippen molar-refractivity contribution < 1.29 is 13.9 Å². The van der Waals surface area contributed by atoms with Gasteiger partial charge in [-0.25, -0.2) is 14.4 Å². The summed E-state index contributed by atoms with van der Waals surface area (Å²) in [5.41, 5.74) is 8.36. The molecule has 0 unspecified atom stereocenters. The molecule has 0 spiro atoms. The lowest BCUT2D eigenvalue weighted by atomic mass is 9.96. The van der Waals surface area contributed by atoms with Crippen LogP contribution in [0.3, 0.4) is 0 Å². The number of amides is 1. The molecule has 0 aliphatic carbocycles. The number of nitrogens with zero attached hydrogens (tertiary/aromatic N) is 4. The van der Waals surface area contributed by atoms with Gasteiger partial charge < -0.3 is 20.7 Å². The van der Waals surface area contributed by atoms with Gasteiger partial charge in [-0.15, -0.1) is 0 Å². The average molecular weight is 602 g/mol. The zero-order valence-electron chi connectivity index (χ0n) is 23.0. The van der Waals surface area contributed by atoms with Gasteiger partial charge in [-0.05, 0) is 80.2 Å². The third-order valence-corrected chi connectivity index (χ3v) is 8.07. The normalized spacial score (nSPS) is 20.2. The zero-order valence-corrected chi connectivity index (χ0v) is 24.5. The van der Waals surface area contributed by atoms with Crippen LogP contribution in [0.4, 0.5) is 10.2 Å². The van der Waals surface area contributed by atoms with E-state index in [-0.39, 0.29) is 12.5 Å². The highest BCUT2D eigenvalue weighted by atomic mass is 35.5. The molecule has 1 aromatic carbocycles. The first-order chi connectivity index (χ1) is 19.7. The SMILES string of the molecule is CC(=O)NCC1CCN(Cc2cc(Oc3ccc(N4CC[C@@H](N)[C@@H](F)C4)nc3)nc(-c3cc(Cl)cc(Cl)c3)c2)CC1. The molecule has 3 N–H and O–H groups in total. The number of carbonyl (C=O) groups is 1. The van der Waals surface area contributed by atoms with Crippen molar-refractivity contribution in [2.24, 2.45) is 11.7 Å². The predicted molar refractivity (Wildman–Crippen MR) is 160 cm³/mol. The predicted octanol–water partition coefficient (Wildman–Crippen LogP) is 5.47. The van der Waals surface area contributed by atoms with E-state index in [4.69, 9.17) is 38.7 Å². The second-order valence-corrected chi connectivity index (χ2v) is 11.8. The summed E-state index contributed by atoms with van der Waals surface area (Å²) >= 11 is 12.6. The molecule has 0 saturated carbocycles. The molecule has 2 aliphatic rings. The van der Waals surface area contributed by atoms with Crippen molar-refractivity contribution >= 4 is 34.9 Å². The highest BCUT2D eigenvalue weighted by molar-refractivity contribution is 6.35. The van der Waals surface area contributed by atoms with E-state index < -0.39 is 12.2 Å². The minimum absolute atomic E-state index is 0.0138. The molecule has 2 atom stereocenters. The molecule has 41 heavy (non-hydrogen) atoms. The summed E-state index contributed by atoms with van der Waals surface area (Å²) in [4.78, 5) is 24.8. The lowest BCUT2D eigenvalue weighted by molar-refractivity contribution is -0.119. The molecule has 3 aromatic rings. The van der Waals surface area contributed by atoms with Crippen LogP contribution in [0, 0.1) is 5.92 Å². The quantitative estimate of drug-likeness (QED) is 0.354. The fraction of sp³-hybridized carbons (Fsp3) is 0.433. The van der Waals surface area contributed by atoms with E-state index in [2.05, 4.69) is 15.2 Å². The Bertz CT molecular complexity index is 1330. The van der Waals surface area contributed by atoms with Crippen LogP contribution in [-0.2, 0) is 11.3 Å². The summed E-state index contributed by atoms with van der Waals surface area (Å²) in [6.07, 6.45) is 3.18. The Kier molecular flexibility index (Phi) is 9.60. The third kappa shape index (κ3) is 8.07. The molecule has 0 bridgehead atoms. The Morgan fingerprint density at radius 1 is 1.10 bits per heavy atom. The van der Waals surface area contributed by atoms with E-state index in [1.807, 2.05) is 41.3 Å². The number of piperidine rings is 2. The first kappa shape index (κ1) is 29.5. The molecule has 2 aromatic heterocycles. The van der Waals surface area contributed by atoms with Gasteiger partial charge in [0.1, 0.15) is 17.7 Å². The number of carbonyl (C=O) groups excluding carboxylic acids is 1. The largest absolute Gasteiger partial charge is 0.437 e. The Hall–Kier alpha value is -2.98. The summed E-state index contributed by atoms with van der Waals surface area (Å²) in [6, 6.07) is 12.5. The summed E-state index contributed by atoms with van der Waals surface area (Å²) in [5.74, 6) is 2.14. The molecule has 218 valence electrons. The van der Waals surface area contributed by atoms with E-state index in [9.17, 15) is 9.18 Å². The van der Waals surface area contributed by atoms with Crippen molar-refractivity contribution in [3.8, 4) is 22.9 Å². The first-order valence-electron chi connectivity index (χ1n) is 13.9. The lowest BCUT2D eigenvalue weighted by Crippen LogP contribution is -2.48. The number of benzene rings is 1. The second kappa shape index (κ2) is 13.3. The number of hydrogen-bond donors (Lipinski definition) is 2. The molecular weight excluding hydrogens is 566 g/mol. The molecule has 2 fully saturated rings. The van der Waals surface area contributed by atoms with Crippen LogP contribution in [0.25, 0.3) is 11.3 Å². The Morgan fingerprint density at radius 3 is 2.51 bits per heavy atom. The number of alkyl halides is 1.